The van der Waals surface area contributed by atoms with Crippen LogP contribution in [0.5, 0.6) is 11.5 Å². The van der Waals surface area contributed by atoms with Gasteiger partial charge < -0.3 is 19.5 Å². The number of nitrogens with zero attached hydrogens (tertiary/aromatic N) is 1. The molecule has 9 nitrogen and oxygen atoms in total. The number of carbonyl (C=O) groups is 2. The smallest absolute Gasteiger partial charge is 0.337 e. The van der Waals surface area contributed by atoms with Crippen molar-refractivity contribution in [1.29, 1.82) is 0 Å². The Bertz CT molecular complexity index is 1430. The molecule has 0 spiro atoms. The molecule has 1 amide bonds. The molecule has 4 rings (SSSR count). The first-order chi connectivity index (χ1) is 17.2. The number of hydrogen-bond donors (Lipinski definition) is 1. The molecule has 1 aliphatic rings. The fourth-order valence-electron chi connectivity index (χ4n) is 3.44. The minimum Gasteiger partial charge on any atom is -0.486 e. The number of halogens is 2. The van der Waals surface area contributed by atoms with Crippen molar-refractivity contribution in [1.82, 2.24) is 0 Å². The highest BCUT2D eigenvalue weighted by Crippen LogP contribution is 2.34. The zero-order chi connectivity index (χ0) is 25.9. The highest BCUT2D eigenvalue weighted by atomic mass is 35.5. The first kappa shape index (κ1) is 25.3. The molecular formula is C24H20ClFN2O7S. The van der Waals surface area contributed by atoms with Gasteiger partial charge in [0.25, 0.3) is 10.0 Å². The average Bonchev–Trinajstić information content (AvgIpc) is 2.87. The van der Waals surface area contributed by atoms with E-state index in [-0.39, 0.29) is 39.2 Å². The van der Waals surface area contributed by atoms with Crippen molar-refractivity contribution in [3.8, 4) is 11.5 Å². The van der Waals surface area contributed by atoms with Gasteiger partial charge >= 0.3 is 5.97 Å². The molecule has 0 aliphatic carbocycles. The molecule has 0 bridgehead atoms. The molecule has 0 fully saturated rings. The van der Waals surface area contributed by atoms with E-state index >= 15 is 0 Å². The zero-order valence-corrected chi connectivity index (χ0v) is 20.4. The molecule has 0 saturated carbocycles. The van der Waals surface area contributed by atoms with Crippen LogP contribution in [-0.2, 0) is 19.6 Å². The molecule has 1 heterocycles. The number of rotatable bonds is 7. The van der Waals surface area contributed by atoms with Crippen LogP contribution in [0, 0.1) is 5.82 Å². The number of carbonyl (C=O) groups excluding carboxylic acids is 2. The lowest BCUT2D eigenvalue weighted by Crippen LogP contribution is -2.38. The molecular weight excluding hydrogens is 515 g/mol. The number of esters is 1. The van der Waals surface area contributed by atoms with Crippen LogP contribution >= 0.6 is 11.6 Å². The number of amides is 1. The second-order valence-electron chi connectivity index (χ2n) is 7.53. The second-order valence-corrected chi connectivity index (χ2v) is 9.80. The summed E-state index contributed by atoms with van der Waals surface area (Å²) < 4.78 is 57.6. The Morgan fingerprint density at radius 1 is 1.06 bits per heavy atom. The first-order valence-corrected chi connectivity index (χ1v) is 12.4. The first-order valence-electron chi connectivity index (χ1n) is 10.5. The molecule has 0 aromatic heterocycles. The van der Waals surface area contributed by atoms with Crippen molar-refractivity contribution in [2.24, 2.45) is 0 Å². The van der Waals surface area contributed by atoms with Crippen LogP contribution in [0.3, 0.4) is 0 Å². The molecule has 12 heteroatoms. The molecule has 1 aliphatic heterocycles. The number of methoxy groups -OCH3 is 1. The molecule has 0 unspecified atom stereocenters. The summed E-state index contributed by atoms with van der Waals surface area (Å²) in [6.45, 7) is -0.147. The van der Waals surface area contributed by atoms with Crippen LogP contribution in [0.1, 0.15) is 10.4 Å². The van der Waals surface area contributed by atoms with Gasteiger partial charge in [-0.1, -0.05) is 17.7 Å². The normalized spacial score (nSPS) is 12.5. The standard InChI is InChI=1S/C24H20ClFN2O7S/c1-33-24(30)15-5-7-19(25)20(11-15)27-23(29)14-28(17-4-2-3-16(26)12-17)36(31,32)18-6-8-21-22(13-18)35-10-9-34-21/h2-8,11-13H,9-10,14H2,1H3,(H,27,29). The molecule has 0 saturated heterocycles. The molecule has 1 N–H and O–H groups in total. The van der Waals surface area contributed by atoms with Crippen LogP contribution in [0.2, 0.25) is 5.02 Å². The molecule has 36 heavy (non-hydrogen) atoms. The molecule has 3 aromatic rings. The van der Waals surface area contributed by atoms with Crippen molar-refractivity contribution in [3.63, 3.8) is 0 Å². The molecule has 3 aromatic carbocycles. The van der Waals surface area contributed by atoms with E-state index in [1.807, 2.05) is 0 Å². The van der Waals surface area contributed by atoms with Crippen LogP contribution in [0.15, 0.2) is 65.6 Å². The van der Waals surface area contributed by atoms with Gasteiger partial charge in [-0.05, 0) is 48.5 Å². The summed E-state index contributed by atoms with van der Waals surface area (Å²) in [6.07, 6.45) is 0. The van der Waals surface area contributed by atoms with E-state index in [0.717, 1.165) is 16.4 Å². The van der Waals surface area contributed by atoms with Crippen LogP contribution in [0.25, 0.3) is 0 Å². The van der Waals surface area contributed by atoms with Gasteiger partial charge in [0, 0.05) is 6.07 Å². The average molecular weight is 535 g/mol. The van der Waals surface area contributed by atoms with Gasteiger partial charge in [-0.25, -0.2) is 17.6 Å². The Hall–Kier alpha value is -3.83. The van der Waals surface area contributed by atoms with Crippen LogP contribution in [-0.4, -0.2) is 47.2 Å². The van der Waals surface area contributed by atoms with Gasteiger partial charge in [0.1, 0.15) is 25.6 Å². The monoisotopic (exact) mass is 534 g/mol. The van der Waals surface area contributed by atoms with Crippen molar-refractivity contribution in [2.75, 3.05) is 36.5 Å². The summed E-state index contributed by atoms with van der Waals surface area (Å²) in [5.74, 6) is -1.51. The maximum absolute atomic E-state index is 14.0. The van der Waals surface area contributed by atoms with E-state index in [1.165, 1.54) is 55.6 Å². The number of ether oxygens (including phenoxy) is 3. The van der Waals surface area contributed by atoms with Crippen LogP contribution in [0.4, 0.5) is 15.8 Å². The molecule has 0 radical (unpaired) electrons. The van der Waals surface area contributed by atoms with E-state index in [2.05, 4.69) is 10.1 Å². The van der Waals surface area contributed by atoms with Gasteiger partial charge in [0.2, 0.25) is 5.91 Å². The fraction of sp³-hybridized carbons (Fsp3) is 0.167. The Morgan fingerprint density at radius 3 is 2.53 bits per heavy atom. The topological polar surface area (TPSA) is 111 Å². The third kappa shape index (κ3) is 5.37. The Balaban J connectivity index is 1.67. The summed E-state index contributed by atoms with van der Waals surface area (Å²) in [5, 5.41) is 2.61. The van der Waals surface area contributed by atoms with Crippen molar-refractivity contribution in [3.05, 3.63) is 77.1 Å². The Kier molecular flexibility index (Phi) is 7.32. The maximum atomic E-state index is 14.0. The van der Waals surface area contributed by atoms with E-state index in [4.69, 9.17) is 21.1 Å². The second kappa shape index (κ2) is 10.4. The van der Waals surface area contributed by atoms with Crippen LogP contribution < -0.4 is 19.1 Å². The lowest BCUT2D eigenvalue weighted by atomic mass is 10.2. The van der Waals surface area contributed by atoms with Crippen molar-refractivity contribution in [2.45, 2.75) is 4.90 Å². The lowest BCUT2D eigenvalue weighted by molar-refractivity contribution is -0.114. The van der Waals surface area contributed by atoms with E-state index in [0.29, 0.717) is 12.4 Å². The molecule has 0 atom stereocenters. The largest absolute Gasteiger partial charge is 0.486 e. The summed E-state index contributed by atoms with van der Waals surface area (Å²) >= 11 is 6.14. The minimum absolute atomic E-state index is 0.0699. The number of benzene rings is 3. The van der Waals surface area contributed by atoms with Gasteiger partial charge in [-0.2, -0.15) is 0 Å². The number of sulfonamides is 1. The predicted octanol–water partition coefficient (Wildman–Crippen LogP) is 3.87. The minimum atomic E-state index is -4.36. The zero-order valence-electron chi connectivity index (χ0n) is 18.9. The Labute approximate surface area is 211 Å². The highest BCUT2D eigenvalue weighted by molar-refractivity contribution is 7.92. The summed E-state index contributed by atoms with van der Waals surface area (Å²) in [7, 11) is -3.16. The number of hydrogen-bond acceptors (Lipinski definition) is 7. The number of fused-ring (bicyclic) bond motifs is 1. The van der Waals surface area contributed by atoms with Gasteiger partial charge in [-0.15, -0.1) is 0 Å². The van der Waals surface area contributed by atoms with E-state index in [9.17, 15) is 22.4 Å². The van der Waals surface area contributed by atoms with Gasteiger partial charge in [0.05, 0.1) is 34.0 Å². The summed E-state index contributed by atoms with van der Waals surface area (Å²) in [6, 6.07) is 13.0. The quantitative estimate of drug-likeness (QED) is 0.458. The predicted molar refractivity (Wildman–Crippen MR) is 130 cm³/mol. The highest BCUT2D eigenvalue weighted by Gasteiger charge is 2.29. The summed E-state index contributed by atoms with van der Waals surface area (Å²) in [4.78, 5) is 24.6. The fourth-order valence-corrected chi connectivity index (χ4v) is 5.04. The Morgan fingerprint density at radius 2 is 1.81 bits per heavy atom. The van der Waals surface area contributed by atoms with Crippen molar-refractivity contribution < 1.29 is 36.6 Å². The summed E-state index contributed by atoms with van der Waals surface area (Å²) in [5.41, 5.74) is 0.123. The SMILES string of the molecule is COC(=O)c1ccc(Cl)c(NC(=O)CN(c2cccc(F)c2)S(=O)(=O)c2ccc3c(c2)OCCO3)c1. The lowest BCUT2D eigenvalue weighted by Gasteiger charge is -2.25. The maximum Gasteiger partial charge on any atom is 0.337 e. The van der Waals surface area contributed by atoms with Gasteiger partial charge in [0.15, 0.2) is 11.5 Å². The third-order valence-electron chi connectivity index (χ3n) is 5.15. The molecule has 188 valence electrons. The number of anilines is 2. The van der Waals surface area contributed by atoms with Crippen molar-refractivity contribution >= 4 is 44.9 Å². The number of nitrogens with one attached hydrogen (secondary N) is 1. The van der Waals surface area contributed by atoms with Gasteiger partial charge in [-0.3, -0.25) is 9.10 Å². The third-order valence-corrected chi connectivity index (χ3v) is 7.25. The van der Waals surface area contributed by atoms with E-state index < -0.39 is 34.3 Å². The van der Waals surface area contributed by atoms with E-state index in [1.54, 1.807) is 0 Å².